The molecular weight excluding hydrogens is 240 g/mol. The fourth-order valence-corrected chi connectivity index (χ4v) is 2.13. The summed E-state index contributed by atoms with van der Waals surface area (Å²) in [6, 6.07) is -0.514. The number of nitrogens with zero attached hydrogens (tertiary/aromatic N) is 3. The van der Waals surface area contributed by atoms with Gasteiger partial charge >= 0.3 is 0 Å². The highest BCUT2D eigenvalue weighted by Crippen LogP contribution is 2.23. The number of hydrogen-bond donors (Lipinski definition) is 1. The predicted octanol–water partition coefficient (Wildman–Crippen LogP) is -0.109. The number of primary amides is 1. The van der Waals surface area contributed by atoms with Gasteiger partial charge in [0, 0.05) is 6.54 Å². The zero-order valence-electron chi connectivity index (χ0n) is 7.51. The molecule has 0 spiro atoms. The minimum absolute atomic E-state index is 0.186. The first-order chi connectivity index (χ1) is 7.09. The lowest BCUT2D eigenvalue weighted by Crippen LogP contribution is -2.57. The molecule has 2 heterocycles. The van der Waals surface area contributed by atoms with Crippen LogP contribution in [0, 0.1) is 0 Å². The van der Waals surface area contributed by atoms with Crippen molar-refractivity contribution in [3.63, 3.8) is 0 Å². The van der Waals surface area contributed by atoms with Gasteiger partial charge in [-0.3, -0.25) is 9.59 Å². The number of nitrogens with two attached hydrogens (primary N) is 1. The lowest BCUT2D eigenvalue weighted by molar-refractivity contribution is -0.125. The minimum atomic E-state index is -0.514. The van der Waals surface area contributed by atoms with Crippen LogP contribution in [0.2, 0.25) is 4.47 Å². The van der Waals surface area contributed by atoms with E-state index in [4.69, 9.17) is 17.3 Å². The quantitative estimate of drug-likeness (QED) is 0.789. The van der Waals surface area contributed by atoms with Crippen molar-refractivity contribution in [1.29, 1.82) is 0 Å². The van der Waals surface area contributed by atoms with E-state index in [0.29, 0.717) is 13.0 Å². The predicted molar refractivity (Wildman–Crippen MR) is 53.6 cm³/mol. The molecule has 6 nitrogen and oxygen atoms in total. The van der Waals surface area contributed by atoms with Gasteiger partial charge in [0.2, 0.25) is 15.4 Å². The van der Waals surface area contributed by atoms with E-state index in [2.05, 4.69) is 10.2 Å². The molecule has 2 rings (SSSR count). The van der Waals surface area contributed by atoms with Crippen molar-refractivity contribution in [3.05, 3.63) is 9.47 Å². The second-order valence-electron chi connectivity index (χ2n) is 3.07. The summed E-state index contributed by atoms with van der Waals surface area (Å²) in [4.78, 5) is 24.0. The number of carbonyl (C=O) groups is 2. The largest absolute Gasteiger partial charge is 0.368 e. The van der Waals surface area contributed by atoms with Crippen LogP contribution in [-0.4, -0.2) is 39.5 Å². The summed E-state index contributed by atoms with van der Waals surface area (Å²) in [6.07, 6.45) is 0.605. The molecule has 1 atom stereocenters. The summed E-state index contributed by atoms with van der Waals surface area (Å²) < 4.78 is 0.203. The number of likely N-dealkylation sites (tertiary alicyclic amines) is 1. The second kappa shape index (κ2) is 3.74. The number of aromatic nitrogens is 2. The van der Waals surface area contributed by atoms with Crippen molar-refractivity contribution >= 4 is 34.8 Å². The highest BCUT2D eigenvalue weighted by molar-refractivity contribution is 7.17. The summed E-state index contributed by atoms with van der Waals surface area (Å²) in [5, 5.41) is 7.31. The lowest BCUT2D eigenvalue weighted by Gasteiger charge is -2.37. The van der Waals surface area contributed by atoms with Crippen molar-refractivity contribution < 1.29 is 9.59 Å². The number of hydrogen-bond acceptors (Lipinski definition) is 5. The van der Waals surface area contributed by atoms with Gasteiger partial charge in [-0.1, -0.05) is 11.3 Å². The van der Waals surface area contributed by atoms with Crippen LogP contribution in [0.1, 0.15) is 16.2 Å². The smallest absolute Gasteiger partial charge is 0.285 e. The zero-order chi connectivity index (χ0) is 11.0. The Morgan fingerprint density at radius 3 is 2.67 bits per heavy atom. The summed E-state index contributed by atoms with van der Waals surface area (Å²) in [5.74, 6) is -0.834. The van der Waals surface area contributed by atoms with Gasteiger partial charge in [-0.15, -0.1) is 10.2 Å². The third-order valence-corrected chi connectivity index (χ3v) is 3.20. The second-order valence-corrected chi connectivity index (χ2v) is 4.63. The SMILES string of the molecule is NC(=O)C1CCN1C(=O)c1nnc(Cl)s1. The Bertz CT molecular complexity index is 421. The highest BCUT2D eigenvalue weighted by Gasteiger charge is 2.37. The molecule has 0 bridgehead atoms. The van der Waals surface area contributed by atoms with E-state index in [-0.39, 0.29) is 15.4 Å². The monoisotopic (exact) mass is 246 g/mol. The number of halogens is 1. The van der Waals surface area contributed by atoms with Crippen molar-refractivity contribution in [2.24, 2.45) is 5.73 Å². The molecule has 2 N–H and O–H groups in total. The average molecular weight is 247 g/mol. The molecule has 0 aromatic carbocycles. The van der Waals surface area contributed by atoms with Gasteiger partial charge < -0.3 is 10.6 Å². The van der Waals surface area contributed by atoms with Crippen molar-refractivity contribution in [1.82, 2.24) is 15.1 Å². The normalized spacial score (nSPS) is 19.8. The molecule has 1 aliphatic heterocycles. The van der Waals surface area contributed by atoms with Crippen molar-refractivity contribution in [2.75, 3.05) is 6.54 Å². The molecule has 1 saturated heterocycles. The number of carbonyl (C=O) groups excluding carboxylic acids is 2. The average Bonchev–Trinajstić information content (AvgIpc) is 2.48. The van der Waals surface area contributed by atoms with Crippen LogP contribution in [0.3, 0.4) is 0 Å². The molecule has 1 aliphatic rings. The standard InChI is InChI=1S/C7H7ClN4O2S/c8-7-11-10-5(15-7)6(14)12-2-1-3(12)4(9)13/h3H,1-2H2,(H2,9,13). The van der Waals surface area contributed by atoms with Gasteiger partial charge in [0.15, 0.2) is 0 Å². The van der Waals surface area contributed by atoms with E-state index in [0.717, 1.165) is 11.3 Å². The Labute approximate surface area is 94.0 Å². The Hall–Kier alpha value is -1.21. The van der Waals surface area contributed by atoms with Crippen LogP contribution < -0.4 is 5.73 Å². The van der Waals surface area contributed by atoms with Crippen LogP contribution in [0.15, 0.2) is 0 Å². The van der Waals surface area contributed by atoms with Gasteiger partial charge in [-0.2, -0.15) is 0 Å². The van der Waals surface area contributed by atoms with E-state index in [1.54, 1.807) is 0 Å². The van der Waals surface area contributed by atoms with E-state index in [1.165, 1.54) is 4.90 Å². The maximum Gasteiger partial charge on any atom is 0.285 e. The maximum absolute atomic E-state index is 11.7. The van der Waals surface area contributed by atoms with Crippen LogP contribution in [0.5, 0.6) is 0 Å². The summed E-state index contributed by atoms with van der Waals surface area (Å²) in [6.45, 7) is 0.517. The van der Waals surface area contributed by atoms with Gasteiger partial charge in [0.25, 0.3) is 5.91 Å². The minimum Gasteiger partial charge on any atom is -0.368 e. The molecule has 0 aliphatic carbocycles. The molecule has 1 aromatic rings. The first-order valence-electron chi connectivity index (χ1n) is 4.19. The molecule has 15 heavy (non-hydrogen) atoms. The highest BCUT2D eigenvalue weighted by atomic mass is 35.5. The maximum atomic E-state index is 11.7. The van der Waals surface area contributed by atoms with Crippen LogP contribution in [0.4, 0.5) is 0 Å². The number of amides is 2. The first kappa shape index (κ1) is 10.3. The number of rotatable bonds is 2. The molecule has 1 fully saturated rings. The Balaban J connectivity index is 2.12. The molecule has 0 saturated carbocycles. The zero-order valence-corrected chi connectivity index (χ0v) is 9.09. The van der Waals surface area contributed by atoms with Gasteiger partial charge in [0.05, 0.1) is 0 Å². The van der Waals surface area contributed by atoms with Crippen molar-refractivity contribution in [3.8, 4) is 0 Å². The fraction of sp³-hybridized carbons (Fsp3) is 0.429. The van der Waals surface area contributed by atoms with Gasteiger partial charge in [-0.05, 0) is 18.0 Å². The van der Waals surface area contributed by atoms with Gasteiger partial charge in [-0.25, -0.2) is 0 Å². The Kier molecular flexibility index (Phi) is 2.57. The lowest BCUT2D eigenvalue weighted by atomic mass is 10.0. The van der Waals surface area contributed by atoms with E-state index in [1.807, 2.05) is 0 Å². The summed E-state index contributed by atoms with van der Waals surface area (Å²) in [7, 11) is 0. The molecule has 0 radical (unpaired) electrons. The summed E-state index contributed by atoms with van der Waals surface area (Å²) >= 11 is 6.54. The third kappa shape index (κ3) is 1.80. The molecule has 8 heteroatoms. The Morgan fingerprint density at radius 2 is 2.27 bits per heavy atom. The fourth-order valence-electron chi connectivity index (χ4n) is 1.34. The van der Waals surface area contributed by atoms with E-state index < -0.39 is 11.9 Å². The molecule has 1 unspecified atom stereocenters. The van der Waals surface area contributed by atoms with E-state index in [9.17, 15) is 9.59 Å². The van der Waals surface area contributed by atoms with Crippen LogP contribution >= 0.6 is 22.9 Å². The molecule has 2 amide bonds. The Morgan fingerprint density at radius 1 is 1.53 bits per heavy atom. The molecule has 80 valence electrons. The third-order valence-electron chi connectivity index (χ3n) is 2.19. The van der Waals surface area contributed by atoms with Crippen LogP contribution in [0.25, 0.3) is 0 Å². The molecule has 1 aromatic heterocycles. The van der Waals surface area contributed by atoms with E-state index >= 15 is 0 Å². The molecular formula is C7H7ClN4O2S. The first-order valence-corrected chi connectivity index (χ1v) is 5.38. The summed E-state index contributed by atoms with van der Waals surface area (Å²) in [5.41, 5.74) is 5.12. The van der Waals surface area contributed by atoms with Gasteiger partial charge in [0.1, 0.15) is 6.04 Å². The topological polar surface area (TPSA) is 89.2 Å². The van der Waals surface area contributed by atoms with Crippen LogP contribution in [-0.2, 0) is 4.79 Å². The van der Waals surface area contributed by atoms with Crippen molar-refractivity contribution in [2.45, 2.75) is 12.5 Å².